The van der Waals surface area contributed by atoms with Crippen molar-refractivity contribution in [2.24, 2.45) is 5.41 Å². The molecular formula is C22H22N2O. The molecule has 25 heavy (non-hydrogen) atoms. The van der Waals surface area contributed by atoms with E-state index in [1.807, 2.05) is 43.3 Å². The van der Waals surface area contributed by atoms with Crippen LogP contribution in [0.3, 0.4) is 0 Å². The van der Waals surface area contributed by atoms with E-state index in [0.717, 1.165) is 24.0 Å². The molecule has 126 valence electrons. The van der Waals surface area contributed by atoms with E-state index in [1.54, 1.807) is 6.07 Å². The van der Waals surface area contributed by atoms with Crippen molar-refractivity contribution in [2.75, 3.05) is 0 Å². The zero-order valence-electron chi connectivity index (χ0n) is 14.9. The van der Waals surface area contributed by atoms with Gasteiger partial charge in [-0.2, -0.15) is 5.26 Å². The Labute approximate surface area is 149 Å². The monoisotopic (exact) mass is 330 g/mol. The van der Waals surface area contributed by atoms with Crippen LogP contribution in [0.2, 0.25) is 0 Å². The first-order valence-electron chi connectivity index (χ1n) is 8.59. The molecule has 3 rings (SSSR count). The number of rotatable bonds is 3. The number of nitrogens with one attached hydrogen (secondary N) is 1. The third kappa shape index (κ3) is 3.08. The Kier molecular flexibility index (Phi) is 4.46. The maximum absolute atomic E-state index is 12.8. The summed E-state index contributed by atoms with van der Waals surface area (Å²) in [6.45, 7) is 6.15. The van der Waals surface area contributed by atoms with Gasteiger partial charge < -0.3 is 5.32 Å². The Morgan fingerprint density at radius 3 is 2.68 bits per heavy atom. The van der Waals surface area contributed by atoms with Gasteiger partial charge in [0.15, 0.2) is 0 Å². The molecule has 0 fully saturated rings. The van der Waals surface area contributed by atoms with Crippen LogP contribution in [0.5, 0.6) is 0 Å². The van der Waals surface area contributed by atoms with E-state index in [9.17, 15) is 10.1 Å². The highest BCUT2D eigenvalue weighted by molar-refractivity contribution is 6.01. The van der Waals surface area contributed by atoms with Crippen molar-refractivity contribution in [3.05, 3.63) is 76.4 Å². The van der Waals surface area contributed by atoms with Crippen LogP contribution in [0.15, 0.2) is 54.1 Å². The smallest absolute Gasteiger partial charge is 0.255 e. The van der Waals surface area contributed by atoms with Crippen LogP contribution in [0, 0.1) is 23.7 Å². The van der Waals surface area contributed by atoms with Gasteiger partial charge in [-0.1, -0.05) is 55.8 Å². The largest absolute Gasteiger partial charge is 0.321 e. The van der Waals surface area contributed by atoms with Crippen molar-refractivity contribution >= 4 is 11.6 Å². The second-order valence-electron chi connectivity index (χ2n) is 6.93. The number of allylic oxidation sites excluding steroid dienone is 1. The highest BCUT2D eigenvalue weighted by atomic mass is 16.1. The van der Waals surface area contributed by atoms with Crippen LogP contribution in [0.25, 0.3) is 5.70 Å². The van der Waals surface area contributed by atoms with E-state index < -0.39 is 0 Å². The van der Waals surface area contributed by atoms with Gasteiger partial charge in [0, 0.05) is 16.5 Å². The molecule has 0 radical (unpaired) electrons. The molecule has 1 amide bonds. The summed E-state index contributed by atoms with van der Waals surface area (Å²) < 4.78 is 0. The van der Waals surface area contributed by atoms with Crippen LogP contribution < -0.4 is 5.32 Å². The zero-order chi connectivity index (χ0) is 18.0. The van der Waals surface area contributed by atoms with Crippen molar-refractivity contribution in [3.63, 3.8) is 0 Å². The molecule has 0 saturated carbocycles. The van der Waals surface area contributed by atoms with Gasteiger partial charge in [-0.15, -0.1) is 0 Å². The summed E-state index contributed by atoms with van der Waals surface area (Å²) in [5, 5.41) is 12.8. The number of hydrogen-bond donors (Lipinski definition) is 1. The van der Waals surface area contributed by atoms with E-state index >= 15 is 0 Å². The van der Waals surface area contributed by atoms with Crippen molar-refractivity contribution in [3.8, 4) is 6.07 Å². The van der Waals surface area contributed by atoms with Gasteiger partial charge in [-0.25, -0.2) is 0 Å². The molecule has 2 aromatic carbocycles. The summed E-state index contributed by atoms with van der Waals surface area (Å²) in [7, 11) is 0. The number of hydrogen-bond acceptors (Lipinski definition) is 2. The van der Waals surface area contributed by atoms with E-state index in [4.69, 9.17) is 0 Å². The molecule has 1 unspecified atom stereocenters. The molecule has 1 aliphatic rings. The van der Waals surface area contributed by atoms with Gasteiger partial charge in [0.25, 0.3) is 5.91 Å². The minimum atomic E-state index is -0.266. The summed E-state index contributed by atoms with van der Waals surface area (Å²) >= 11 is 0. The Bertz CT molecular complexity index is 904. The molecule has 1 aliphatic carbocycles. The SMILES string of the molecule is CCC1(C)Cc2ccccc2C(NC(=O)c2cccc(C)c2)=C1C#N. The summed E-state index contributed by atoms with van der Waals surface area (Å²) in [5.74, 6) is -0.179. The minimum absolute atomic E-state index is 0.179. The lowest BCUT2D eigenvalue weighted by Gasteiger charge is -2.35. The van der Waals surface area contributed by atoms with Crippen molar-refractivity contribution < 1.29 is 4.79 Å². The number of aryl methyl sites for hydroxylation is 1. The first-order chi connectivity index (χ1) is 12.0. The molecule has 3 nitrogen and oxygen atoms in total. The number of amides is 1. The van der Waals surface area contributed by atoms with Crippen LogP contribution in [0.4, 0.5) is 0 Å². The van der Waals surface area contributed by atoms with Gasteiger partial charge in [0.1, 0.15) is 0 Å². The average molecular weight is 330 g/mol. The first-order valence-corrected chi connectivity index (χ1v) is 8.59. The quantitative estimate of drug-likeness (QED) is 0.892. The van der Waals surface area contributed by atoms with E-state index in [-0.39, 0.29) is 11.3 Å². The third-order valence-corrected chi connectivity index (χ3v) is 5.13. The first kappa shape index (κ1) is 17.0. The molecule has 0 spiro atoms. The van der Waals surface area contributed by atoms with Gasteiger partial charge >= 0.3 is 0 Å². The highest BCUT2D eigenvalue weighted by Gasteiger charge is 2.36. The van der Waals surface area contributed by atoms with Crippen LogP contribution in [-0.2, 0) is 6.42 Å². The number of fused-ring (bicyclic) bond motifs is 1. The minimum Gasteiger partial charge on any atom is -0.321 e. The number of benzene rings is 2. The Hall–Kier alpha value is -2.86. The van der Waals surface area contributed by atoms with Crippen molar-refractivity contribution in [2.45, 2.75) is 33.6 Å². The number of carbonyl (C=O) groups excluding carboxylic acids is 1. The molecular weight excluding hydrogens is 308 g/mol. The fraction of sp³-hybridized carbons (Fsp3) is 0.273. The van der Waals surface area contributed by atoms with Gasteiger partial charge in [0.2, 0.25) is 0 Å². The lowest BCUT2D eigenvalue weighted by atomic mass is 9.69. The predicted octanol–water partition coefficient (Wildman–Crippen LogP) is 4.63. The maximum Gasteiger partial charge on any atom is 0.255 e. The number of carbonyl (C=O) groups is 1. The summed E-state index contributed by atoms with van der Waals surface area (Å²) in [5.41, 5.74) is 4.81. The van der Waals surface area contributed by atoms with E-state index in [2.05, 4.69) is 31.3 Å². The molecule has 0 heterocycles. The van der Waals surface area contributed by atoms with E-state index in [0.29, 0.717) is 16.8 Å². The predicted molar refractivity (Wildman–Crippen MR) is 99.7 cm³/mol. The molecule has 0 aliphatic heterocycles. The van der Waals surface area contributed by atoms with Gasteiger partial charge in [-0.05, 0) is 37.5 Å². The van der Waals surface area contributed by atoms with Crippen LogP contribution in [0.1, 0.15) is 47.3 Å². The summed E-state index contributed by atoms with van der Waals surface area (Å²) in [6.07, 6.45) is 1.65. The molecule has 0 bridgehead atoms. The van der Waals surface area contributed by atoms with E-state index in [1.165, 1.54) is 5.56 Å². The zero-order valence-corrected chi connectivity index (χ0v) is 14.9. The molecule has 0 aromatic heterocycles. The molecule has 1 atom stereocenters. The topological polar surface area (TPSA) is 52.9 Å². The third-order valence-electron chi connectivity index (χ3n) is 5.13. The second kappa shape index (κ2) is 6.57. The van der Waals surface area contributed by atoms with Gasteiger partial charge in [0.05, 0.1) is 17.3 Å². The lowest BCUT2D eigenvalue weighted by Crippen LogP contribution is -2.33. The standard InChI is InChI=1S/C22H22N2O/c1-4-22(3)13-17-9-5-6-11-18(17)20(19(22)14-23)24-21(25)16-10-7-8-15(2)12-16/h5-12H,4,13H2,1-3H3,(H,24,25). The Balaban J connectivity index is 2.09. The van der Waals surface area contributed by atoms with Gasteiger partial charge in [-0.3, -0.25) is 4.79 Å². The summed E-state index contributed by atoms with van der Waals surface area (Å²) in [4.78, 5) is 12.8. The number of nitrogens with zero attached hydrogens (tertiary/aromatic N) is 1. The summed E-state index contributed by atoms with van der Waals surface area (Å²) in [6, 6.07) is 17.9. The molecule has 0 saturated heterocycles. The molecule has 3 heteroatoms. The fourth-order valence-electron chi connectivity index (χ4n) is 3.46. The Morgan fingerprint density at radius 1 is 1.24 bits per heavy atom. The number of nitriles is 1. The fourth-order valence-corrected chi connectivity index (χ4v) is 3.46. The van der Waals surface area contributed by atoms with Crippen LogP contribution in [-0.4, -0.2) is 5.91 Å². The second-order valence-corrected chi connectivity index (χ2v) is 6.93. The molecule has 1 N–H and O–H groups in total. The van der Waals surface area contributed by atoms with Crippen LogP contribution >= 0.6 is 0 Å². The Morgan fingerprint density at radius 2 is 2.00 bits per heavy atom. The molecule has 2 aromatic rings. The average Bonchev–Trinajstić information content (AvgIpc) is 2.61. The lowest BCUT2D eigenvalue weighted by molar-refractivity contribution is 0.0973. The maximum atomic E-state index is 12.8. The highest BCUT2D eigenvalue weighted by Crippen LogP contribution is 2.43. The van der Waals surface area contributed by atoms with Crippen molar-refractivity contribution in [1.29, 1.82) is 5.26 Å². The van der Waals surface area contributed by atoms with Crippen molar-refractivity contribution in [1.82, 2.24) is 5.32 Å². The normalized spacial score (nSPS) is 19.1.